The van der Waals surface area contributed by atoms with Crippen LogP contribution in [0.25, 0.3) is 0 Å². The van der Waals surface area contributed by atoms with Crippen molar-refractivity contribution in [1.29, 1.82) is 0 Å². The predicted molar refractivity (Wildman–Crippen MR) is 67.3 cm³/mol. The molecule has 0 aliphatic heterocycles. The summed E-state index contributed by atoms with van der Waals surface area (Å²) in [4.78, 5) is 0.271. The molecule has 1 aromatic rings. The van der Waals surface area contributed by atoms with Gasteiger partial charge in [0.05, 0.1) is 10.5 Å². The topological polar surface area (TPSA) is 55.4 Å². The summed E-state index contributed by atoms with van der Waals surface area (Å²) in [5.41, 5.74) is -0.503. The van der Waals surface area contributed by atoms with Crippen molar-refractivity contribution in [2.45, 2.75) is 31.3 Å². The molecule has 1 rings (SSSR count). The first-order valence-corrected chi connectivity index (χ1v) is 7.04. The van der Waals surface area contributed by atoms with Crippen LogP contribution in [0, 0.1) is 0 Å². The Balaban J connectivity index is 2.69. The smallest absolute Gasteiger partial charge is 0.240 e. The van der Waals surface area contributed by atoms with Gasteiger partial charge in [0.25, 0.3) is 0 Å². The Morgan fingerprint density at radius 3 is 2.35 bits per heavy atom. The van der Waals surface area contributed by atoms with E-state index in [9.17, 15) is 8.42 Å². The molecule has 0 unspecified atom stereocenters. The zero-order valence-electron chi connectivity index (χ0n) is 10.4. The van der Waals surface area contributed by atoms with E-state index in [1.807, 2.05) is 20.8 Å². The lowest BCUT2D eigenvalue weighted by Gasteiger charge is -2.24. The lowest BCUT2D eigenvalue weighted by molar-refractivity contribution is -0.00515. The highest BCUT2D eigenvalue weighted by molar-refractivity contribution is 7.89. The van der Waals surface area contributed by atoms with Gasteiger partial charge in [-0.1, -0.05) is 18.2 Å². The van der Waals surface area contributed by atoms with E-state index in [0.29, 0.717) is 6.61 Å². The molecule has 0 bridgehead atoms. The molecule has 0 atom stereocenters. The molecule has 0 spiro atoms. The van der Waals surface area contributed by atoms with Crippen LogP contribution in [0.2, 0.25) is 0 Å². The van der Waals surface area contributed by atoms with Gasteiger partial charge in [-0.25, -0.2) is 13.1 Å². The van der Waals surface area contributed by atoms with Gasteiger partial charge in [-0.05, 0) is 32.9 Å². The molecule has 17 heavy (non-hydrogen) atoms. The van der Waals surface area contributed by atoms with Crippen molar-refractivity contribution in [3.05, 3.63) is 30.3 Å². The maximum Gasteiger partial charge on any atom is 0.240 e. The first-order chi connectivity index (χ1) is 7.87. The van der Waals surface area contributed by atoms with Crippen LogP contribution < -0.4 is 4.72 Å². The third-order valence-electron chi connectivity index (χ3n) is 2.28. The van der Waals surface area contributed by atoms with Gasteiger partial charge < -0.3 is 4.74 Å². The molecule has 4 nitrogen and oxygen atoms in total. The fourth-order valence-electron chi connectivity index (χ4n) is 1.39. The second kappa shape index (κ2) is 5.62. The van der Waals surface area contributed by atoms with Gasteiger partial charge in [-0.2, -0.15) is 0 Å². The standard InChI is InChI=1S/C12H19NO3S/c1-4-16-12(2,3)10-13-17(14,15)11-8-6-5-7-9-11/h5-9,13H,4,10H2,1-3H3. The third kappa shape index (κ3) is 4.46. The van der Waals surface area contributed by atoms with Gasteiger partial charge in [-0.15, -0.1) is 0 Å². The van der Waals surface area contributed by atoms with Crippen molar-refractivity contribution in [1.82, 2.24) is 4.72 Å². The van der Waals surface area contributed by atoms with Crippen molar-refractivity contribution in [3.8, 4) is 0 Å². The molecule has 96 valence electrons. The number of sulfonamides is 1. The van der Waals surface area contributed by atoms with E-state index in [1.54, 1.807) is 30.3 Å². The molecule has 0 radical (unpaired) electrons. The van der Waals surface area contributed by atoms with Crippen molar-refractivity contribution in [3.63, 3.8) is 0 Å². The van der Waals surface area contributed by atoms with Crippen molar-refractivity contribution < 1.29 is 13.2 Å². The van der Waals surface area contributed by atoms with E-state index in [1.165, 1.54) is 0 Å². The molecule has 1 aromatic carbocycles. The molecule has 0 aromatic heterocycles. The molecule has 0 amide bonds. The van der Waals surface area contributed by atoms with E-state index in [4.69, 9.17) is 4.74 Å². The second-order valence-corrected chi connectivity index (χ2v) is 6.10. The number of ether oxygens (including phenoxy) is 1. The molecular weight excluding hydrogens is 238 g/mol. The van der Waals surface area contributed by atoms with Gasteiger partial charge >= 0.3 is 0 Å². The normalized spacial score (nSPS) is 12.6. The lowest BCUT2D eigenvalue weighted by Crippen LogP contribution is -2.40. The van der Waals surface area contributed by atoms with Crippen LogP contribution in [0.1, 0.15) is 20.8 Å². The molecule has 0 heterocycles. The average Bonchev–Trinajstić information content (AvgIpc) is 2.28. The molecule has 0 fully saturated rings. The number of nitrogens with one attached hydrogen (secondary N) is 1. The summed E-state index contributed by atoms with van der Waals surface area (Å²) in [7, 11) is -3.44. The minimum atomic E-state index is -3.44. The molecule has 5 heteroatoms. The second-order valence-electron chi connectivity index (χ2n) is 4.33. The van der Waals surface area contributed by atoms with E-state index in [2.05, 4.69) is 4.72 Å². The first kappa shape index (κ1) is 14.2. The Hall–Kier alpha value is -0.910. The summed E-state index contributed by atoms with van der Waals surface area (Å²) >= 11 is 0. The maximum atomic E-state index is 11.9. The van der Waals surface area contributed by atoms with Gasteiger partial charge in [0, 0.05) is 13.2 Å². The van der Waals surface area contributed by atoms with Crippen molar-refractivity contribution >= 4 is 10.0 Å². The van der Waals surface area contributed by atoms with Crippen LogP contribution in [0.15, 0.2) is 35.2 Å². The Bertz CT molecular complexity index is 440. The van der Waals surface area contributed by atoms with E-state index in [-0.39, 0.29) is 11.4 Å². The SMILES string of the molecule is CCOC(C)(C)CNS(=O)(=O)c1ccccc1. The minimum Gasteiger partial charge on any atom is -0.375 e. The van der Waals surface area contributed by atoms with Crippen LogP contribution in [0.4, 0.5) is 0 Å². The monoisotopic (exact) mass is 257 g/mol. The minimum absolute atomic E-state index is 0.248. The molecule has 0 aliphatic carbocycles. The van der Waals surface area contributed by atoms with Gasteiger partial charge in [0.15, 0.2) is 0 Å². The summed E-state index contributed by atoms with van der Waals surface area (Å²) in [6.07, 6.45) is 0. The van der Waals surface area contributed by atoms with E-state index < -0.39 is 15.6 Å². The lowest BCUT2D eigenvalue weighted by atomic mass is 10.1. The summed E-state index contributed by atoms with van der Waals surface area (Å²) in [6, 6.07) is 8.31. The van der Waals surface area contributed by atoms with Crippen LogP contribution in [0.3, 0.4) is 0 Å². The summed E-state index contributed by atoms with van der Waals surface area (Å²) in [5.74, 6) is 0. The summed E-state index contributed by atoms with van der Waals surface area (Å²) < 4.78 is 31.8. The van der Waals surface area contributed by atoms with Crippen LogP contribution in [-0.2, 0) is 14.8 Å². The summed E-state index contributed by atoms with van der Waals surface area (Å²) in [5, 5.41) is 0. The number of hydrogen-bond donors (Lipinski definition) is 1. The highest BCUT2D eigenvalue weighted by Crippen LogP contribution is 2.11. The van der Waals surface area contributed by atoms with Crippen LogP contribution in [-0.4, -0.2) is 27.2 Å². The number of rotatable bonds is 6. The quantitative estimate of drug-likeness (QED) is 0.845. The third-order valence-corrected chi connectivity index (χ3v) is 3.69. The van der Waals surface area contributed by atoms with Crippen molar-refractivity contribution in [2.24, 2.45) is 0 Å². The highest BCUT2D eigenvalue weighted by atomic mass is 32.2. The van der Waals surface area contributed by atoms with Crippen molar-refractivity contribution in [2.75, 3.05) is 13.2 Å². The fraction of sp³-hybridized carbons (Fsp3) is 0.500. The Morgan fingerprint density at radius 1 is 1.24 bits per heavy atom. The van der Waals surface area contributed by atoms with Crippen LogP contribution >= 0.6 is 0 Å². The fourth-order valence-corrected chi connectivity index (χ4v) is 2.61. The van der Waals surface area contributed by atoms with Gasteiger partial charge in [0.1, 0.15) is 0 Å². The maximum absolute atomic E-state index is 11.9. The largest absolute Gasteiger partial charge is 0.375 e. The number of benzene rings is 1. The molecular formula is C12H19NO3S. The Kier molecular flexibility index (Phi) is 4.68. The zero-order chi connectivity index (χ0) is 12.9. The summed E-state index contributed by atoms with van der Waals surface area (Å²) in [6.45, 7) is 6.39. The van der Waals surface area contributed by atoms with Crippen LogP contribution in [0.5, 0.6) is 0 Å². The van der Waals surface area contributed by atoms with Gasteiger partial charge in [0.2, 0.25) is 10.0 Å². The number of hydrogen-bond acceptors (Lipinski definition) is 3. The average molecular weight is 257 g/mol. The molecule has 0 saturated heterocycles. The Morgan fingerprint density at radius 2 is 1.82 bits per heavy atom. The van der Waals surface area contributed by atoms with Gasteiger partial charge in [-0.3, -0.25) is 0 Å². The first-order valence-electron chi connectivity index (χ1n) is 5.56. The van der Waals surface area contributed by atoms with E-state index >= 15 is 0 Å². The predicted octanol–water partition coefficient (Wildman–Crippen LogP) is 1.78. The molecule has 0 saturated carbocycles. The zero-order valence-corrected chi connectivity index (χ0v) is 11.3. The highest BCUT2D eigenvalue weighted by Gasteiger charge is 2.22. The Labute approximate surface area is 103 Å². The molecule has 0 aliphatic rings. The molecule has 1 N–H and O–H groups in total. The van der Waals surface area contributed by atoms with E-state index in [0.717, 1.165) is 0 Å².